The largest absolute Gasteiger partial charge is 0.464 e. The van der Waals surface area contributed by atoms with E-state index in [0.29, 0.717) is 12.6 Å². The molecule has 0 fully saturated rings. The highest BCUT2D eigenvalue weighted by molar-refractivity contribution is 5.29. The van der Waals surface area contributed by atoms with Crippen LogP contribution in [-0.4, -0.2) is 16.6 Å². The molecule has 1 aromatic rings. The van der Waals surface area contributed by atoms with E-state index in [1.807, 2.05) is 6.92 Å². The SMILES string of the molecule is CCOc1nc(CC)c2c(n1)CCCC2. The van der Waals surface area contributed by atoms with Gasteiger partial charge < -0.3 is 4.74 Å². The van der Waals surface area contributed by atoms with Gasteiger partial charge in [0.25, 0.3) is 0 Å². The van der Waals surface area contributed by atoms with Gasteiger partial charge in [0, 0.05) is 0 Å². The molecule has 0 unspecified atom stereocenters. The van der Waals surface area contributed by atoms with Gasteiger partial charge in [-0.1, -0.05) is 6.92 Å². The summed E-state index contributed by atoms with van der Waals surface area (Å²) >= 11 is 0. The van der Waals surface area contributed by atoms with Crippen LogP contribution < -0.4 is 4.74 Å². The van der Waals surface area contributed by atoms with Gasteiger partial charge in [-0.25, -0.2) is 0 Å². The normalized spacial score (nSPS) is 14.8. The molecule has 2 rings (SSSR count). The third kappa shape index (κ3) is 2.11. The van der Waals surface area contributed by atoms with E-state index in [-0.39, 0.29) is 0 Å². The minimum absolute atomic E-state index is 0.565. The summed E-state index contributed by atoms with van der Waals surface area (Å²) in [4.78, 5) is 8.94. The summed E-state index contributed by atoms with van der Waals surface area (Å²) < 4.78 is 5.39. The Labute approximate surface area is 90.9 Å². The van der Waals surface area contributed by atoms with Gasteiger partial charge in [0.05, 0.1) is 18.0 Å². The minimum Gasteiger partial charge on any atom is -0.464 e. The molecule has 0 N–H and O–H groups in total. The summed E-state index contributed by atoms with van der Waals surface area (Å²) in [7, 11) is 0. The van der Waals surface area contributed by atoms with Crippen LogP contribution in [0.5, 0.6) is 6.01 Å². The summed E-state index contributed by atoms with van der Waals surface area (Å²) in [5.74, 6) is 0. The number of nitrogens with zero attached hydrogens (tertiary/aromatic N) is 2. The number of hydrogen-bond acceptors (Lipinski definition) is 3. The molecule has 0 saturated carbocycles. The van der Waals surface area contributed by atoms with Crippen molar-refractivity contribution < 1.29 is 4.74 Å². The predicted molar refractivity (Wildman–Crippen MR) is 59.2 cm³/mol. The van der Waals surface area contributed by atoms with Crippen molar-refractivity contribution in [3.05, 3.63) is 17.0 Å². The smallest absolute Gasteiger partial charge is 0.316 e. The van der Waals surface area contributed by atoms with Crippen molar-refractivity contribution >= 4 is 0 Å². The van der Waals surface area contributed by atoms with Crippen LogP contribution in [0, 0.1) is 0 Å². The van der Waals surface area contributed by atoms with Crippen molar-refractivity contribution in [3.63, 3.8) is 0 Å². The molecule has 1 aliphatic carbocycles. The zero-order chi connectivity index (χ0) is 10.7. The molecule has 1 aromatic heterocycles. The van der Waals surface area contributed by atoms with Crippen LogP contribution in [0.2, 0.25) is 0 Å². The molecule has 0 amide bonds. The van der Waals surface area contributed by atoms with E-state index in [2.05, 4.69) is 16.9 Å². The second-order valence-corrected chi connectivity index (χ2v) is 3.87. The maximum Gasteiger partial charge on any atom is 0.316 e. The lowest BCUT2D eigenvalue weighted by molar-refractivity contribution is 0.309. The standard InChI is InChI=1S/C12H18N2O/c1-3-10-9-7-5-6-8-11(9)14-12(13-10)15-4-2/h3-8H2,1-2H3. The van der Waals surface area contributed by atoms with Gasteiger partial charge in [-0.3, -0.25) is 0 Å². The number of hydrogen-bond donors (Lipinski definition) is 0. The molecule has 0 saturated heterocycles. The van der Waals surface area contributed by atoms with E-state index in [1.165, 1.54) is 29.8 Å². The maximum atomic E-state index is 5.39. The Balaban J connectivity index is 2.38. The molecule has 0 spiro atoms. The van der Waals surface area contributed by atoms with E-state index in [1.54, 1.807) is 0 Å². The first-order valence-corrected chi connectivity index (χ1v) is 5.86. The van der Waals surface area contributed by atoms with E-state index in [0.717, 1.165) is 19.3 Å². The van der Waals surface area contributed by atoms with Gasteiger partial charge in [0.15, 0.2) is 0 Å². The molecular weight excluding hydrogens is 188 g/mol. The predicted octanol–water partition coefficient (Wildman–Crippen LogP) is 2.32. The summed E-state index contributed by atoms with van der Waals surface area (Å²) in [5.41, 5.74) is 3.78. The molecule has 0 radical (unpaired) electrons. The minimum atomic E-state index is 0.565. The molecule has 3 heteroatoms. The first-order chi connectivity index (χ1) is 7.35. The van der Waals surface area contributed by atoms with Crippen molar-refractivity contribution in [3.8, 4) is 6.01 Å². The van der Waals surface area contributed by atoms with E-state index >= 15 is 0 Å². The lowest BCUT2D eigenvalue weighted by Crippen LogP contribution is -2.12. The summed E-state index contributed by atoms with van der Waals surface area (Å²) in [6.07, 6.45) is 5.73. The van der Waals surface area contributed by atoms with Gasteiger partial charge in [0.1, 0.15) is 0 Å². The van der Waals surface area contributed by atoms with Crippen molar-refractivity contribution in [1.82, 2.24) is 9.97 Å². The Morgan fingerprint density at radius 3 is 2.67 bits per heavy atom. The fourth-order valence-electron chi connectivity index (χ4n) is 2.13. The first-order valence-electron chi connectivity index (χ1n) is 5.86. The molecule has 0 aromatic carbocycles. The Morgan fingerprint density at radius 2 is 1.93 bits per heavy atom. The number of aromatic nitrogens is 2. The molecule has 3 nitrogen and oxygen atoms in total. The van der Waals surface area contributed by atoms with Crippen molar-refractivity contribution in [2.24, 2.45) is 0 Å². The Bertz CT molecular complexity index is 332. The summed E-state index contributed by atoms with van der Waals surface area (Å²) in [6, 6.07) is 0.565. The van der Waals surface area contributed by atoms with E-state index in [9.17, 15) is 0 Å². The third-order valence-electron chi connectivity index (χ3n) is 2.86. The van der Waals surface area contributed by atoms with Gasteiger partial charge in [-0.05, 0) is 44.6 Å². The number of fused-ring (bicyclic) bond motifs is 1. The second-order valence-electron chi connectivity index (χ2n) is 3.87. The molecule has 1 aliphatic rings. The summed E-state index contributed by atoms with van der Waals surface area (Å²) in [6.45, 7) is 4.75. The molecule has 15 heavy (non-hydrogen) atoms. The zero-order valence-electron chi connectivity index (χ0n) is 9.55. The highest BCUT2D eigenvalue weighted by atomic mass is 16.5. The van der Waals surface area contributed by atoms with E-state index < -0.39 is 0 Å². The number of aryl methyl sites for hydroxylation is 2. The monoisotopic (exact) mass is 206 g/mol. The fraction of sp³-hybridized carbons (Fsp3) is 0.667. The third-order valence-corrected chi connectivity index (χ3v) is 2.86. The van der Waals surface area contributed by atoms with Crippen molar-refractivity contribution in [2.45, 2.75) is 46.0 Å². The van der Waals surface area contributed by atoms with Gasteiger partial charge in [-0.15, -0.1) is 0 Å². The quantitative estimate of drug-likeness (QED) is 0.761. The Morgan fingerprint density at radius 1 is 1.13 bits per heavy atom. The average molecular weight is 206 g/mol. The van der Waals surface area contributed by atoms with Crippen LogP contribution in [0.1, 0.15) is 43.6 Å². The topological polar surface area (TPSA) is 35.0 Å². The molecule has 1 heterocycles. The number of rotatable bonds is 3. The first kappa shape index (κ1) is 10.4. The highest BCUT2D eigenvalue weighted by Crippen LogP contribution is 2.24. The van der Waals surface area contributed by atoms with Gasteiger partial charge in [-0.2, -0.15) is 9.97 Å². The second kappa shape index (κ2) is 4.60. The van der Waals surface area contributed by atoms with Crippen LogP contribution >= 0.6 is 0 Å². The van der Waals surface area contributed by atoms with Crippen LogP contribution in [0.15, 0.2) is 0 Å². The lowest BCUT2D eigenvalue weighted by Gasteiger charge is -2.18. The molecular formula is C12H18N2O. The van der Waals surface area contributed by atoms with Gasteiger partial charge in [0.2, 0.25) is 0 Å². The van der Waals surface area contributed by atoms with Crippen molar-refractivity contribution in [2.75, 3.05) is 6.61 Å². The summed E-state index contributed by atoms with van der Waals surface area (Å²) in [5, 5.41) is 0. The zero-order valence-corrected chi connectivity index (χ0v) is 9.55. The number of ether oxygens (including phenoxy) is 1. The highest BCUT2D eigenvalue weighted by Gasteiger charge is 2.16. The van der Waals surface area contributed by atoms with E-state index in [4.69, 9.17) is 4.74 Å². The Kier molecular flexibility index (Phi) is 3.19. The molecule has 0 atom stereocenters. The van der Waals surface area contributed by atoms with Crippen LogP contribution in [0.25, 0.3) is 0 Å². The van der Waals surface area contributed by atoms with Crippen LogP contribution in [0.3, 0.4) is 0 Å². The molecule has 0 aliphatic heterocycles. The Hall–Kier alpha value is -1.12. The fourth-order valence-corrected chi connectivity index (χ4v) is 2.13. The average Bonchev–Trinajstić information content (AvgIpc) is 2.28. The molecule has 82 valence electrons. The van der Waals surface area contributed by atoms with Gasteiger partial charge >= 0.3 is 6.01 Å². The van der Waals surface area contributed by atoms with Crippen LogP contribution in [0.4, 0.5) is 0 Å². The lowest BCUT2D eigenvalue weighted by atomic mass is 9.94. The van der Waals surface area contributed by atoms with Crippen LogP contribution in [-0.2, 0) is 19.3 Å². The maximum absolute atomic E-state index is 5.39. The molecule has 0 bridgehead atoms. The van der Waals surface area contributed by atoms with Crippen molar-refractivity contribution in [1.29, 1.82) is 0 Å².